The van der Waals surface area contributed by atoms with Crippen molar-refractivity contribution >= 4 is 17.4 Å². The predicted octanol–water partition coefficient (Wildman–Crippen LogP) is 2.09. The minimum atomic E-state index is -0.192. The van der Waals surface area contributed by atoms with Crippen LogP contribution in [0.4, 0.5) is 5.69 Å². The van der Waals surface area contributed by atoms with E-state index in [9.17, 15) is 9.59 Å². The summed E-state index contributed by atoms with van der Waals surface area (Å²) < 4.78 is 0. The molecule has 1 atom stereocenters. The van der Waals surface area contributed by atoms with Crippen molar-refractivity contribution in [2.75, 3.05) is 24.5 Å². The number of nitrogens with zero attached hydrogens (tertiary/aromatic N) is 2. The maximum absolute atomic E-state index is 12.5. The van der Waals surface area contributed by atoms with Gasteiger partial charge in [-0.3, -0.25) is 9.59 Å². The number of hydrogen-bond donors (Lipinski definition) is 0. The number of hydrogen-bond acceptors (Lipinski definition) is 3. The Labute approximate surface area is 119 Å². The van der Waals surface area contributed by atoms with Gasteiger partial charge in [0.2, 0.25) is 5.91 Å². The van der Waals surface area contributed by atoms with E-state index in [0.717, 1.165) is 37.2 Å². The van der Waals surface area contributed by atoms with E-state index in [1.807, 2.05) is 36.1 Å². The van der Waals surface area contributed by atoms with Gasteiger partial charge in [0, 0.05) is 37.3 Å². The molecule has 1 fully saturated rings. The zero-order chi connectivity index (χ0) is 14.1. The third-order valence-corrected chi connectivity index (χ3v) is 4.34. The molecule has 4 heteroatoms. The summed E-state index contributed by atoms with van der Waals surface area (Å²) >= 11 is 0. The number of likely N-dealkylation sites (tertiary alicyclic amines) is 1. The van der Waals surface area contributed by atoms with Crippen molar-refractivity contribution in [3.63, 3.8) is 0 Å². The summed E-state index contributed by atoms with van der Waals surface area (Å²) in [7, 11) is 0. The Morgan fingerprint density at radius 1 is 1.15 bits per heavy atom. The molecule has 1 saturated heterocycles. The fraction of sp³-hybridized carbons (Fsp3) is 0.500. The van der Waals surface area contributed by atoms with Crippen LogP contribution in [-0.4, -0.2) is 42.3 Å². The molecule has 1 unspecified atom stereocenters. The number of carbonyl (C=O) groups is 2. The first kappa shape index (κ1) is 13.2. The van der Waals surface area contributed by atoms with Gasteiger partial charge in [0.1, 0.15) is 6.04 Å². The van der Waals surface area contributed by atoms with Gasteiger partial charge >= 0.3 is 0 Å². The first-order valence-electron chi connectivity index (χ1n) is 7.36. The summed E-state index contributed by atoms with van der Waals surface area (Å²) in [6.45, 7) is 4.33. The van der Waals surface area contributed by atoms with Gasteiger partial charge in [0.25, 0.3) is 0 Å². The topological polar surface area (TPSA) is 40.6 Å². The van der Waals surface area contributed by atoms with E-state index in [1.165, 1.54) is 0 Å². The molecule has 4 nitrogen and oxygen atoms in total. The highest BCUT2D eigenvalue weighted by Gasteiger charge is 2.32. The smallest absolute Gasteiger partial charge is 0.244 e. The number of benzene rings is 1. The van der Waals surface area contributed by atoms with Gasteiger partial charge in [-0.15, -0.1) is 0 Å². The lowest BCUT2D eigenvalue weighted by atomic mass is 9.99. The van der Waals surface area contributed by atoms with Crippen LogP contribution in [0, 0.1) is 0 Å². The zero-order valence-electron chi connectivity index (χ0n) is 11.8. The number of Topliss-reactive ketones (excluding diaryl/α,β-unsaturated/α-hetero) is 1. The summed E-state index contributed by atoms with van der Waals surface area (Å²) in [5.41, 5.74) is 1.66. The summed E-state index contributed by atoms with van der Waals surface area (Å²) in [5, 5.41) is 0. The lowest BCUT2D eigenvalue weighted by molar-refractivity contribution is -0.131. The Morgan fingerprint density at radius 2 is 1.85 bits per heavy atom. The maximum Gasteiger partial charge on any atom is 0.244 e. The highest BCUT2D eigenvalue weighted by Crippen LogP contribution is 2.29. The molecule has 3 rings (SSSR count). The second-order valence-corrected chi connectivity index (χ2v) is 5.59. The number of rotatable bonds is 2. The van der Waals surface area contributed by atoms with E-state index in [4.69, 9.17) is 0 Å². The lowest BCUT2D eigenvalue weighted by Crippen LogP contribution is -2.48. The second-order valence-electron chi connectivity index (χ2n) is 5.59. The monoisotopic (exact) mass is 272 g/mol. The van der Waals surface area contributed by atoms with Crippen LogP contribution in [0.25, 0.3) is 0 Å². The fourth-order valence-electron chi connectivity index (χ4n) is 3.17. The molecule has 1 aromatic rings. The average Bonchev–Trinajstić information content (AvgIpc) is 3.01. The molecule has 20 heavy (non-hydrogen) atoms. The van der Waals surface area contributed by atoms with E-state index in [0.29, 0.717) is 13.0 Å². The van der Waals surface area contributed by atoms with Crippen LogP contribution in [-0.2, 0) is 4.79 Å². The molecule has 2 heterocycles. The van der Waals surface area contributed by atoms with E-state index in [1.54, 1.807) is 0 Å². The Hall–Kier alpha value is -1.84. The molecular formula is C16H20N2O2. The number of anilines is 1. The largest absolute Gasteiger partial charge is 0.359 e. The quantitative estimate of drug-likeness (QED) is 0.827. The Kier molecular flexibility index (Phi) is 3.47. The van der Waals surface area contributed by atoms with Crippen LogP contribution in [0.3, 0.4) is 0 Å². The fourth-order valence-corrected chi connectivity index (χ4v) is 3.17. The molecular weight excluding hydrogens is 252 g/mol. The van der Waals surface area contributed by atoms with Crippen molar-refractivity contribution in [3.8, 4) is 0 Å². The zero-order valence-corrected chi connectivity index (χ0v) is 11.8. The first-order chi connectivity index (χ1) is 9.68. The van der Waals surface area contributed by atoms with E-state index < -0.39 is 0 Å². The molecule has 0 aliphatic carbocycles. The van der Waals surface area contributed by atoms with Gasteiger partial charge < -0.3 is 9.80 Å². The summed E-state index contributed by atoms with van der Waals surface area (Å²) in [5.74, 6) is 0.365. The molecule has 2 aliphatic heterocycles. The van der Waals surface area contributed by atoms with E-state index >= 15 is 0 Å². The van der Waals surface area contributed by atoms with E-state index in [-0.39, 0.29) is 17.7 Å². The molecule has 0 aromatic heterocycles. The van der Waals surface area contributed by atoms with Crippen molar-refractivity contribution in [1.29, 1.82) is 0 Å². The normalized spacial score (nSPS) is 19.9. The Bertz CT molecular complexity index is 535. The molecule has 1 aromatic carbocycles. The van der Waals surface area contributed by atoms with Gasteiger partial charge in [0.05, 0.1) is 0 Å². The number of amides is 1. The first-order valence-corrected chi connectivity index (χ1v) is 7.36. The Balaban J connectivity index is 1.85. The highest BCUT2D eigenvalue weighted by molar-refractivity contribution is 6.04. The summed E-state index contributed by atoms with van der Waals surface area (Å²) in [6.07, 6.45) is 2.70. The van der Waals surface area contributed by atoms with Crippen molar-refractivity contribution < 1.29 is 9.59 Å². The van der Waals surface area contributed by atoms with Gasteiger partial charge in [-0.25, -0.2) is 0 Å². The maximum atomic E-state index is 12.5. The number of para-hydroxylation sites is 1. The van der Waals surface area contributed by atoms with Gasteiger partial charge in [0.15, 0.2) is 5.78 Å². The third-order valence-electron chi connectivity index (χ3n) is 4.34. The highest BCUT2D eigenvalue weighted by atomic mass is 16.2. The van der Waals surface area contributed by atoms with E-state index in [2.05, 4.69) is 4.90 Å². The standard InChI is InChI=1S/C16H20N2O2/c1-12(16(20)17-9-4-5-10-17)18-11-8-15(19)13-6-2-3-7-14(13)18/h2-3,6-7,12H,4-5,8-11H2,1H3. The van der Waals surface area contributed by atoms with Crippen molar-refractivity contribution in [1.82, 2.24) is 4.90 Å². The second kappa shape index (κ2) is 5.27. The number of fused-ring (bicyclic) bond motifs is 1. The Morgan fingerprint density at radius 3 is 2.60 bits per heavy atom. The van der Waals surface area contributed by atoms with Gasteiger partial charge in [-0.2, -0.15) is 0 Å². The van der Waals surface area contributed by atoms with Crippen LogP contribution in [0.5, 0.6) is 0 Å². The van der Waals surface area contributed by atoms with Crippen molar-refractivity contribution in [2.45, 2.75) is 32.2 Å². The van der Waals surface area contributed by atoms with Crippen LogP contribution < -0.4 is 4.90 Å². The number of carbonyl (C=O) groups excluding carboxylic acids is 2. The minimum absolute atomic E-state index is 0.178. The molecule has 1 amide bonds. The molecule has 0 spiro atoms. The lowest BCUT2D eigenvalue weighted by Gasteiger charge is -2.36. The third kappa shape index (κ3) is 2.19. The molecule has 2 aliphatic rings. The average molecular weight is 272 g/mol. The van der Waals surface area contributed by atoms with Crippen LogP contribution in [0.15, 0.2) is 24.3 Å². The molecule has 0 radical (unpaired) electrons. The minimum Gasteiger partial charge on any atom is -0.359 e. The van der Waals surface area contributed by atoms with Gasteiger partial charge in [-0.05, 0) is 31.9 Å². The van der Waals surface area contributed by atoms with Crippen LogP contribution in [0.2, 0.25) is 0 Å². The summed E-state index contributed by atoms with van der Waals surface area (Å²) in [6, 6.07) is 7.42. The van der Waals surface area contributed by atoms with Crippen LogP contribution in [0.1, 0.15) is 36.5 Å². The molecule has 0 saturated carbocycles. The SMILES string of the molecule is CC(C(=O)N1CCCC1)N1CCC(=O)c2ccccc21. The molecule has 0 N–H and O–H groups in total. The molecule has 0 bridgehead atoms. The van der Waals surface area contributed by atoms with Crippen molar-refractivity contribution in [3.05, 3.63) is 29.8 Å². The number of ketones is 1. The van der Waals surface area contributed by atoms with Gasteiger partial charge in [-0.1, -0.05) is 12.1 Å². The molecule has 106 valence electrons. The predicted molar refractivity (Wildman–Crippen MR) is 78.0 cm³/mol. The van der Waals surface area contributed by atoms with Crippen LogP contribution >= 0.6 is 0 Å². The van der Waals surface area contributed by atoms with Crippen molar-refractivity contribution in [2.24, 2.45) is 0 Å². The summed E-state index contributed by atoms with van der Waals surface area (Å²) in [4.78, 5) is 28.5.